The van der Waals surface area contributed by atoms with E-state index in [1.165, 1.54) is 17.7 Å². The van der Waals surface area contributed by atoms with Crippen molar-refractivity contribution in [3.63, 3.8) is 0 Å². The number of fused-ring (bicyclic) bond motifs is 1. The van der Waals surface area contributed by atoms with Gasteiger partial charge in [-0.15, -0.1) is 0 Å². The fourth-order valence-corrected chi connectivity index (χ4v) is 2.69. The summed E-state index contributed by atoms with van der Waals surface area (Å²) in [6.45, 7) is 3.64. The first-order valence-corrected chi connectivity index (χ1v) is 6.39. The van der Waals surface area contributed by atoms with Gasteiger partial charge in [0.25, 0.3) is 5.56 Å². The third kappa shape index (κ3) is 2.08. The van der Waals surface area contributed by atoms with Crippen molar-refractivity contribution in [3.8, 4) is 0 Å². The van der Waals surface area contributed by atoms with E-state index < -0.39 is 0 Å². The molecule has 3 nitrogen and oxygen atoms in total. The average Bonchev–Trinajstić information content (AvgIpc) is 2.41. The van der Waals surface area contributed by atoms with Gasteiger partial charge in [-0.2, -0.15) is 0 Å². The Morgan fingerprint density at radius 3 is 2.84 bits per heavy atom. The van der Waals surface area contributed by atoms with E-state index in [9.17, 15) is 9.18 Å². The lowest BCUT2D eigenvalue weighted by Crippen LogP contribution is -2.21. The first kappa shape index (κ1) is 12.1. The normalized spacial score (nSPS) is 15.6. The van der Waals surface area contributed by atoms with Crippen molar-refractivity contribution in [2.75, 3.05) is 13.1 Å². The second-order valence-corrected chi connectivity index (χ2v) is 4.83. The van der Waals surface area contributed by atoms with Crippen LogP contribution in [0.3, 0.4) is 0 Å². The number of hydrogen-bond acceptors (Lipinski definition) is 2. The van der Waals surface area contributed by atoms with Crippen molar-refractivity contribution in [1.82, 2.24) is 10.3 Å². The summed E-state index contributed by atoms with van der Waals surface area (Å²) in [5, 5.41) is 4.51. The zero-order valence-corrected chi connectivity index (χ0v) is 10.7. The molecule has 0 saturated carbocycles. The van der Waals surface area contributed by atoms with Gasteiger partial charge in [0.05, 0.1) is 5.39 Å². The van der Waals surface area contributed by atoms with Crippen LogP contribution in [-0.4, -0.2) is 18.1 Å². The molecule has 0 fully saturated rings. The van der Waals surface area contributed by atoms with Gasteiger partial charge in [0, 0.05) is 17.8 Å². The maximum atomic E-state index is 13.3. The number of rotatable bonds is 1. The molecule has 0 spiro atoms. The fraction of sp³-hybridized carbons (Fsp3) is 0.267. The maximum Gasteiger partial charge on any atom is 0.256 e. The topological polar surface area (TPSA) is 44.9 Å². The zero-order chi connectivity index (χ0) is 13.4. The molecule has 1 aromatic carbocycles. The number of hydrogen-bond donors (Lipinski definition) is 2. The van der Waals surface area contributed by atoms with Crippen molar-refractivity contribution >= 4 is 16.3 Å². The highest BCUT2D eigenvalue weighted by Gasteiger charge is 2.14. The third-order valence-electron chi connectivity index (χ3n) is 3.56. The Kier molecular flexibility index (Phi) is 2.95. The molecule has 2 N–H and O–H groups in total. The number of pyridine rings is 1. The van der Waals surface area contributed by atoms with Crippen molar-refractivity contribution in [2.45, 2.75) is 13.3 Å². The van der Waals surface area contributed by atoms with Gasteiger partial charge >= 0.3 is 0 Å². The maximum absolute atomic E-state index is 13.3. The van der Waals surface area contributed by atoms with E-state index in [0.717, 1.165) is 36.2 Å². The van der Waals surface area contributed by atoms with Crippen molar-refractivity contribution in [3.05, 3.63) is 51.7 Å². The second kappa shape index (κ2) is 4.63. The molecule has 0 aliphatic carbocycles. The third-order valence-corrected chi connectivity index (χ3v) is 3.56. The molecule has 2 aromatic rings. The van der Waals surface area contributed by atoms with Crippen molar-refractivity contribution in [2.24, 2.45) is 0 Å². The lowest BCUT2D eigenvalue weighted by atomic mass is 9.94. The minimum Gasteiger partial charge on any atom is -0.325 e. The Balaban J connectivity index is 2.35. The molecule has 2 heterocycles. The molecule has 0 radical (unpaired) electrons. The molecule has 0 atom stereocenters. The monoisotopic (exact) mass is 258 g/mol. The number of halogens is 1. The summed E-state index contributed by atoms with van der Waals surface area (Å²) in [5.41, 5.74) is 2.86. The second-order valence-electron chi connectivity index (χ2n) is 4.83. The van der Waals surface area contributed by atoms with Crippen molar-refractivity contribution in [1.29, 1.82) is 0 Å². The van der Waals surface area contributed by atoms with E-state index in [0.29, 0.717) is 5.39 Å². The lowest BCUT2D eigenvalue weighted by molar-refractivity contribution is 0.629. The van der Waals surface area contributed by atoms with E-state index in [2.05, 4.69) is 16.4 Å². The molecule has 0 unspecified atom stereocenters. The van der Waals surface area contributed by atoms with Crippen molar-refractivity contribution < 1.29 is 4.39 Å². The zero-order valence-electron chi connectivity index (χ0n) is 10.7. The SMILES string of the molecule is Cc1[nH]c(=O)c2cc(F)ccc2c1C1=CCNCC1. The van der Waals surface area contributed by atoms with E-state index in [1.54, 1.807) is 6.07 Å². The standard InChI is InChI=1S/C15H15FN2O/c1-9-14(10-4-6-17-7-5-10)12-3-2-11(16)8-13(12)15(19)18-9/h2-4,8,17H,5-7H2,1H3,(H,18,19). The number of nitrogens with one attached hydrogen (secondary N) is 2. The van der Waals surface area contributed by atoms with Crippen LogP contribution in [0.15, 0.2) is 29.1 Å². The smallest absolute Gasteiger partial charge is 0.256 e. The molecular formula is C15H15FN2O. The van der Waals surface area contributed by atoms with Gasteiger partial charge in [0.2, 0.25) is 0 Å². The van der Waals surface area contributed by atoms with Crippen LogP contribution in [0.1, 0.15) is 17.7 Å². The molecule has 4 heteroatoms. The van der Waals surface area contributed by atoms with Gasteiger partial charge < -0.3 is 10.3 Å². The summed E-state index contributed by atoms with van der Waals surface area (Å²) in [4.78, 5) is 14.8. The Hall–Kier alpha value is -1.94. The highest BCUT2D eigenvalue weighted by atomic mass is 19.1. The summed E-state index contributed by atoms with van der Waals surface area (Å²) >= 11 is 0. The Labute approximate surface area is 110 Å². The van der Waals surface area contributed by atoms with Gasteiger partial charge in [-0.25, -0.2) is 4.39 Å². The number of aryl methyl sites for hydroxylation is 1. The molecule has 1 aromatic heterocycles. The molecule has 19 heavy (non-hydrogen) atoms. The minimum atomic E-state index is -0.382. The fourth-order valence-electron chi connectivity index (χ4n) is 2.69. The van der Waals surface area contributed by atoms with Gasteiger partial charge in [-0.1, -0.05) is 12.1 Å². The first-order chi connectivity index (χ1) is 9.16. The number of aromatic amines is 1. The largest absolute Gasteiger partial charge is 0.325 e. The predicted octanol–water partition coefficient (Wildman–Crippen LogP) is 2.35. The quantitative estimate of drug-likeness (QED) is 0.824. The van der Waals surface area contributed by atoms with Crippen LogP contribution in [0, 0.1) is 12.7 Å². The van der Waals surface area contributed by atoms with Crippen LogP contribution in [0.25, 0.3) is 16.3 Å². The minimum absolute atomic E-state index is 0.231. The van der Waals surface area contributed by atoms with Gasteiger partial charge in [-0.05, 0) is 43.0 Å². The summed E-state index contributed by atoms with van der Waals surface area (Å²) in [7, 11) is 0. The highest BCUT2D eigenvalue weighted by molar-refractivity contribution is 5.94. The van der Waals surface area contributed by atoms with E-state index in [4.69, 9.17) is 0 Å². The van der Waals surface area contributed by atoms with E-state index in [1.807, 2.05) is 6.92 Å². The predicted molar refractivity (Wildman–Crippen MR) is 74.7 cm³/mol. The number of aromatic nitrogens is 1. The lowest BCUT2D eigenvalue weighted by Gasteiger charge is -2.18. The molecule has 98 valence electrons. The molecular weight excluding hydrogens is 243 g/mol. The van der Waals surface area contributed by atoms with Crippen LogP contribution in [-0.2, 0) is 0 Å². The van der Waals surface area contributed by atoms with Crippen LogP contribution >= 0.6 is 0 Å². The molecule has 1 aliphatic heterocycles. The van der Waals surface area contributed by atoms with Crippen LogP contribution < -0.4 is 10.9 Å². The summed E-state index contributed by atoms with van der Waals surface area (Å²) in [6.07, 6.45) is 3.05. The Morgan fingerprint density at radius 1 is 1.26 bits per heavy atom. The van der Waals surface area contributed by atoms with Gasteiger partial charge in [-0.3, -0.25) is 4.79 Å². The number of benzene rings is 1. The highest BCUT2D eigenvalue weighted by Crippen LogP contribution is 2.28. The van der Waals surface area contributed by atoms with E-state index in [-0.39, 0.29) is 11.4 Å². The van der Waals surface area contributed by atoms with Gasteiger partial charge in [0.1, 0.15) is 5.82 Å². The molecule has 0 amide bonds. The van der Waals surface area contributed by atoms with Gasteiger partial charge in [0.15, 0.2) is 0 Å². The van der Waals surface area contributed by atoms with Crippen LogP contribution in [0.2, 0.25) is 0 Å². The first-order valence-electron chi connectivity index (χ1n) is 6.39. The Bertz CT molecular complexity index is 731. The Morgan fingerprint density at radius 2 is 2.11 bits per heavy atom. The van der Waals surface area contributed by atoms with E-state index >= 15 is 0 Å². The molecule has 1 aliphatic rings. The summed E-state index contributed by atoms with van der Waals surface area (Å²) < 4.78 is 13.3. The average molecular weight is 258 g/mol. The number of H-pyrrole nitrogens is 1. The van der Waals surface area contributed by atoms with Crippen LogP contribution in [0.5, 0.6) is 0 Å². The van der Waals surface area contributed by atoms with Crippen LogP contribution in [0.4, 0.5) is 4.39 Å². The summed E-state index contributed by atoms with van der Waals surface area (Å²) in [5.74, 6) is -0.382. The molecule has 0 saturated heterocycles. The summed E-state index contributed by atoms with van der Waals surface area (Å²) in [6, 6.07) is 4.41. The molecule has 0 bridgehead atoms. The molecule has 3 rings (SSSR count).